The number of aromatic nitrogens is 1. The third-order valence-electron chi connectivity index (χ3n) is 6.12. The average molecular weight is 474 g/mol. The van der Waals surface area contributed by atoms with E-state index < -0.39 is 9.84 Å². The second kappa shape index (κ2) is 8.99. The zero-order valence-corrected chi connectivity index (χ0v) is 20.1. The first-order valence-corrected chi connectivity index (χ1v) is 12.8. The molecule has 1 aliphatic heterocycles. The van der Waals surface area contributed by atoms with E-state index in [9.17, 15) is 8.42 Å². The first-order valence-electron chi connectivity index (χ1n) is 11.4. The Bertz CT molecular complexity index is 1390. The average Bonchev–Trinajstić information content (AvgIpc) is 3.32. The summed E-state index contributed by atoms with van der Waals surface area (Å²) in [5.74, 6) is 0.622. The number of nitrogens with zero attached hydrogens (tertiary/aromatic N) is 3. The maximum atomic E-state index is 13.7. The fourth-order valence-electron chi connectivity index (χ4n) is 4.19. The van der Waals surface area contributed by atoms with Crippen LogP contribution in [0.2, 0.25) is 0 Å². The molecule has 34 heavy (non-hydrogen) atoms. The van der Waals surface area contributed by atoms with Crippen molar-refractivity contribution in [2.24, 2.45) is 0 Å². The summed E-state index contributed by atoms with van der Waals surface area (Å²) < 4.78 is 33.5. The third-order valence-corrected chi connectivity index (χ3v) is 7.77. The van der Waals surface area contributed by atoms with Gasteiger partial charge in [0.2, 0.25) is 26.6 Å². The SMILES string of the molecule is Cc1ccc(-c2nc(S(=O)(=O)c3cccc(C)c3)c(N3CCN(c4ccccc4)CC3)o2)cc1. The number of benzene rings is 3. The topological polar surface area (TPSA) is 66.7 Å². The van der Waals surface area contributed by atoms with Crippen molar-refractivity contribution in [3.05, 3.63) is 90.0 Å². The normalized spacial score (nSPS) is 14.4. The molecule has 0 spiro atoms. The van der Waals surface area contributed by atoms with Crippen LogP contribution in [0.3, 0.4) is 0 Å². The molecule has 0 aliphatic carbocycles. The zero-order chi connectivity index (χ0) is 23.7. The van der Waals surface area contributed by atoms with Gasteiger partial charge in [0, 0.05) is 37.4 Å². The van der Waals surface area contributed by atoms with Crippen molar-refractivity contribution in [2.45, 2.75) is 23.8 Å². The first kappa shape index (κ1) is 22.2. The number of para-hydroxylation sites is 1. The van der Waals surface area contributed by atoms with Gasteiger partial charge in [-0.05, 0) is 55.8 Å². The lowest BCUT2D eigenvalue weighted by atomic mass is 10.1. The van der Waals surface area contributed by atoms with Crippen LogP contribution in [0.1, 0.15) is 11.1 Å². The number of hydrogen-bond donors (Lipinski definition) is 0. The van der Waals surface area contributed by atoms with E-state index in [1.807, 2.05) is 67.3 Å². The number of oxazole rings is 1. The lowest BCUT2D eigenvalue weighted by molar-refractivity contribution is 0.525. The zero-order valence-electron chi connectivity index (χ0n) is 19.3. The molecule has 2 heterocycles. The fraction of sp³-hybridized carbons (Fsp3) is 0.222. The highest BCUT2D eigenvalue weighted by Crippen LogP contribution is 2.35. The van der Waals surface area contributed by atoms with Crippen molar-refractivity contribution in [3.63, 3.8) is 0 Å². The molecule has 1 aliphatic rings. The van der Waals surface area contributed by atoms with Gasteiger partial charge in [-0.15, -0.1) is 0 Å². The standard InChI is InChI=1S/C27H27N3O3S/c1-20-11-13-22(14-12-20)25-28-26(34(31,32)24-10-6-7-21(2)19-24)27(33-25)30-17-15-29(16-18-30)23-8-4-3-5-9-23/h3-14,19H,15-18H2,1-2H3. The van der Waals surface area contributed by atoms with Crippen LogP contribution in [0.5, 0.6) is 0 Å². The highest BCUT2D eigenvalue weighted by molar-refractivity contribution is 7.91. The lowest BCUT2D eigenvalue weighted by Crippen LogP contribution is -2.46. The van der Waals surface area contributed by atoms with Gasteiger partial charge in [0.1, 0.15) is 0 Å². The number of piperazine rings is 1. The minimum Gasteiger partial charge on any atom is -0.419 e. The van der Waals surface area contributed by atoms with Crippen molar-refractivity contribution in [3.8, 4) is 11.5 Å². The Morgan fingerprint density at radius 3 is 2.12 bits per heavy atom. The van der Waals surface area contributed by atoms with Crippen molar-refractivity contribution in [2.75, 3.05) is 36.0 Å². The van der Waals surface area contributed by atoms with Gasteiger partial charge in [-0.25, -0.2) is 8.42 Å². The number of aryl methyl sites for hydroxylation is 2. The molecule has 1 aromatic heterocycles. The Kier molecular flexibility index (Phi) is 5.87. The second-order valence-electron chi connectivity index (χ2n) is 8.62. The van der Waals surface area contributed by atoms with Crippen LogP contribution in [0.4, 0.5) is 11.6 Å². The summed E-state index contributed by atoms with van der Waals surface area (Å²) in [5.41, 5.74) is 3.90. The molecule has 0 amide bonds. The molecule has 0 unspecified atom stereocenters. The van der Waals surface area contributed by atoms with Crippen LogP contribution >= 0.6 is 0 Å². The van der Waals surface area contributed by atoms with Gasteiger partial charge in [-0.3, -0.25) is 0 Å². The number of sulfone groups is 1. The molecule has 0 N–H and O–H groups in total. The Morgan fingerprint density at radius 1 is 0.765 bits per heavy atom. The molecule has 0 saturated carbocycles. The Labute approximate surface area is 200 Å². The quantitative estimate of drug-likeness (QED) is 0.401. The van der Waals surface area contributed by atoms with Crippen LogP contribution < -0.4 is 9.80 Å². The molecule has 7 heteroatoms. The van der Waals surface area contributed by atoms with Crippen molar-refractivity contribution in [1.82, 2.24) is 4.98 Å². The Hall–Kier alpha value is -3.58. The van der Waals surface area contributed by atoms with E-state index in [4.69, 9.17) is 4.42 Å². The molecule has 6 nitrogen and oxygen atoms in total. The summed E-state index contributed by atoms with van der Waals surface area (Å²) in [7, 11) is -3.86. The summed E-state index contributed by atoms with van der Waals surface area (Å²) in [6, 6.07) is 24.9. The van der Waals surface area contributed by atoms with Crippen molar-refractivity contribution in [1.29, 1.82) is 0 Å². The molecule has 1 saturated heterocycles. The third kappa shape index (κ3) is 4.31. The minimum atomic E-state index is -3.86. The van der Waals surface area contributed by atoms with Gasteiger partial charge < -0.3 is 14.2 Å². The predicted octanol–water partition coefficient (Wildman–Crippen LogP) is 5.12. The lowest BCUT2D eigenvalue weighted by Gasteiger charge is -2.36. The molecular formula is C27H27N3O3S. The van der Waals surface area contributed by atoms with Gasteiger partial charge in [0.05, 0.1) is 4.90 Å². The maximum Gasteiger partial charge on any atom is 0.236 e. The van der Waals surface area contributed by atoms with Crippen LogP contribution in [0.25, 0.3) is 11.5 Å². The van der Waals surface area contributed by atoms with Gasteiger partial charge in [0.15, 0.2) is 0 Å². The first-order chi connectivity index (χ1) is 16.4. The van der Waals surface area contributed by atoms with E-state index in [1.165, 1.54) is 0 Å². The molecule has 4 aromatic rings. The predicted molar refractivity (Wildman–Crippen MR) is 134 cm³/mol. The van der Waals surface area contributed by atoms with Crippen LogP contribution in [-0.4, -0.2) is 39.6 Å². The Morgan fingerprint density at radius 2 is 1.44 bits per heavy atom. The monoisotopic (exact) mass is 473 g/mol. The molecule has 0 atom stereocenters. The number of rotatable bonds is 5. The summed E-state index contributed by atoms with van der Waals surface area (Å²) in [5, 5.41) is -0.0261. The second-order valence-corrected chi connectivity index (χ2v) is 10.5. The van der Waals surface area contributed by atoms with E-state index in [1.54, 1.807) is 18.2 Å². The molecule has 174 valence electrons. The van der Waals surface area contributed by atoms with Gasteiger partial charge in [-0.1, -0.05) is 48.0 Å². The molecule has 0 radical (unpaired) electrons. The highest BCUT2D eigenvalue weighted by atomic mass is 32.2. The van der Waals surface area contributed by atoms with Crippen LogP contribution in [0, 0.1) is 13.8 Å². The summed E-state index contributed by atoms with van der Waals surface area (Å²) in [6.45, 7) is 6.67. The maximum absolute atomic E-state index is 13.7. The summed E-state index contributed by atoms with van der Waals surface area (Å²) in [4.78, 5) is 9.04. The Balaban J connectivity index is 1.52. The van der Waals surface area contributed by atoms with E-state index >= 15 is 0 Å². The fourth-order valence-corrected chi connectivity index (χ4v) is 5.62. The molecule has 0 bridgehead atoms. The van der Waals surface area contributed by atoms with Crippen molar-refractivity contribution < 1.29 is 12.8 Å². The molecule has 5 rings (SSSR count). The van der Waals surface area contributed by atoms with Crippen LogP contribution in [0.15, 0.2) is 93.2 Å². The van der Waals surface area contributed by atoms with Crippen molar-refractivity contribution >= 4 is 21.4 Å². The van der Waals surface area contributed by atoms with E-state index in [-0.39, 0.29) is 9.92 Å². The van der Waals surface area contributed by atoms with Gasteiger partial charge in [-0.2, -0.15) is 4.98 Å². The number of anilines is 2. The molecular weight excluding hydrogens is 446 g/mol. The minimum absolute atomic E-state index is 0.0261. The van der Waals surface area contributed by atoms with E-state index in [0.29, 0.717) is 24.9 Å². The molecule has 3 aromatic carbocycles. The summed E-state index contributed by atoms with van der Waals surface area (Å²) in [6.07, 6.45) is 0. The smallest absolute Gasteiger partial charge is 0.236 e. The van der Waals surface area contributed by atoms with Gasteiger partial charge >= 0.3 is 0 Å². The largest absolute Gasteiger partial charge is 0.419 e. The highest BCUT2D eigenvalue weighted by Gasteiger charge is 2.33. The van der Waals surface area contributed by atoms with Crippen LogP contribution in [-0.2, 0) is 9.84 Å². The van der Waals surface area contributed by atoms with Gasteiger partial charge in [0.25, 0.3) is 0 Å². The number of hydrogen-bond acceptors (Lipinski definition) is 6. The molecule has 1 fully saturated rings. The van der Waals surface area contributed by atoms with E-state index in [0.717, 1.165) is 35.5 Å². The van der Waals surface area contributed by atoms with E-state index in [2.05, 4.69) is 22.0 Å². The summed E-state index contributed by atoms with van der Waals surface area (Å²) >= 11 is 0.